The lowest BCUT2D eigenvalue weighted by molar-refractivity contribution is 1.45. The summed E-state index contributed by atoms with van der Waals surface area (Å²) < 4.78 is 0. The van der Waals surface area contributed by atoms with Crippen LogP contribution in [0.3, 0.4) is 0 Å². The lowest BCUT2D eigenvalue weighted by Crippen LogP contribution is -2.00. The van der Waals surface area contributed by atoms with Crippen molar-refractivity contribution in [3.05, 3.63) is 18.2 Å². The van der Waals surface area contributed by atoms with Crippen LogP contribution in [0.4, 0.5) is 17.1 Å². The molecule has 0 aliphatic carbocycles. The molecular formula is C8H13N3. The number of hydrogen-bond acceptors (Lipinski definition) is 3. The molecule has 1 aromatic rings. The highest BCUT2D eigenvalue weighted by atomic mass is 14.9. The molecule has 0 saturated heterocycles. The first-order valence-electron chi connectivity index (χ1n) is 3.53. The van der Waals surface area contributed by atoms with E-state index in [1.165, 1.54) is 0 Å². The van der Waals surface area contributed by atoms with Crippen LogP contribution in [0.1, 0.15) is 0 Å². The van der Waals surface area contributed by atoms with Crippen LogP contribution in [0.25, 0.3) is 0 Å². The molecule has 0 aromatic heterocycles. The fourth-order valence-electron chi connectivity index (χ4n) is 1.06. The van der Waals surface area contributed by atoms with Crippen LogP contribution in [-0.2, 0) is 0 Å². The Labute approximate surface area is 66.6 Å². The normalized spacial score (nSPS) is 9.27. The number of anilines is 3. The molecule has 0 aliphatic rings. The number of rotatable bonds is 2. The van der Waals surface area contributed by atoms with Gasteiger partial charge in [0.25, 0.3) is 0 Å². The first-order valence-corrected chi connectivity index (χ1v) is 3.53. The van der Waals surface area contributed by atoms with E-state index in [-0.39, 0.29) is 0 Å². The Balaban J connectivity index is 3.13. The standard InChI is InChI=1S/C8H13N3/c1-10-7-5-3-4-6(9)8(7)11-2/h3-5,10-11H,9H2,1-2H3. The van der Waals surface area contributed by atoms with Crippen molar-refractivity contribution in [2.24, 2.45) is 0 Å². The molecule has 4 N–H and O–H groups in total. The lowest BCUT2D eigenvalue weighted by atomic mass is 10.2. The Morgan fingerprint density at radius 2 is 1.91 bits per heavy atom. The zero-order valence-electron chi connectivity index (χ0n) is 6.81. The van der Waals surface area contributed by atoms with Gasteiger partial charge in [0, 0.05) is 14.1 Å². The number of nitrogens with one attached hydrogen (secondary N) is 2. The first-order chi connectivity index (χ1) is 5.29. The fourth-order valence-corrected chi connectivity index (χ4v) is 1.06. The molecule has 0 amide bonds. The Morgan fingerprint density at radius 3 is 2.36 bits per heavy atom. The average molecular weight is 151 g/mol. The summed E-state index contributed by atoms with van der Waals surface area (Å²) >= 11 is 0. The summed E-state index contributed by atoms with van der Waals surface area (Å²) in [7, 11) is 3.72. The van der Waals surface area contributed by atoms with Crippen molar-refractivity contribution >= 4 is 17.1 Å². The van der Waals surface area contributed by atoms with E-state index in [4.69, 9.17) is 5.73 Å². The lowest BCUT2D eigenvalue weighted by Gasteiger charge is -2.10. The monoisotopic (exact) mass is 151 g/mol. The summed E-state index contributed by atoms with van der Waals surface area (Å²) in [6.45, 7) is 0. The molecule has 3 heteroatoms. The molecule has 60 valence electrons. The van der Waals surface area contributed by atoms with E-state index in [0.29, 0.717) is 0 Å². The van der Waals surface area contributed by atoms with Crippen molar-refractivity contribution in [2.75, 3.05) is 30.5 Å². The van der Waals surface area contributed by atoms with Crippen molar-refractivity contribution in [1.82, 2.24) is 0 Å². The van der Waals surface area contributed by atoms with Crippen molar-refractivity contribution in [2.45, 2.75) is 0 Å². The van der Waals surface area contributed by atoms with Gasteiger partial charge in [0.15, 0.2) is 0 Å². The molecule has 0 aliphatic heterocycles. The van der Waals surface area contributed by atoms with Crippen molar-refractivity contribution in [3.8, 4) is 0 Å². The second-order valence-corrected chi connectivity index (χ2v) is 2.27. The predicted molar refractivity (Wildman–Crippen MR) is 49.9 cm³/mol. The van der Waals surface area contributed by atoms with Crippen molar-refractivity contribution < 1.29 is 0 Å². The van der Waals surface area contributed by atoms with Crippen molar-refractivity contribution in [3.63, 3.8) is 0 Å². The zero-order valence-corrected chi connectivity index (χ0v) is 6.81. The van der Waals surface area contributed by atoms with Gasteiger partial charge in [-0.3, -0.25) is 0 Å². The minimum Gasteiger partial charge on any atom is -0.397 e. The summed E-state index contributed by atoms with van der Waals surface area (Å²) in [6, 6.07) is 5.76. The fraction of sp³-hybridized carbons (Fsp3) is 0.250. The third-order valence-corrected chi connectivity index (χ3v) is 1.62. The highest BCUT2D eigenvalue weighted by Gasteiger charge is 2.00. The first kappa shape index (κ1) is 7.72. The Hall–Kier alpha value is -1.38. The van der Waals surface area contributed by atoms with Gasteiger partial charge >= 0.3 is 0 Å². The van der Waals surface area contributed by atoms with Crippen LogP contribution in [0.15, 0.2) is 18.2 Å². The number of nitrogen functional groups attached to an aromatic ring is 1. The second kappa shape index (κ2) is 3.14. The van der Waals surface area contributed by atoms with Crippen LogP contribution in [0.2, 0.25) is 0 Å². The van der Waals surface area contributed by atoms with Gasteiger partial charge in [-0.2, -0.15) is 0 Å². The van der Waals surface area contributed by atoms with E-state index in [9.17, 15) is 0 Å². The molecular weight excluding hydrogens is 138 g/mol. The molecule has 0 heterocycles. The zero-order chi connectivity index (χ0) is 8.27. The SMILES string of the molecule is CNc1cccc(N)c1NC. The van der Waals surface area contributed by atoms with Crippen LogP contribution in [-0.4, -0.2) is 14.1 Å². The minimum absolute atomic E-state index is 0.763. The molecule has 11 heavy (non-hydrogen) atoms. The Kier molecular flexibility index (Phi) is 2.21. The molecule has 0 fully saturated rings. The summed E-state index contributed by atoms with van der Waals surface area (Å²) in [6.07, 6.45) is 0. The average Bonchev–Trinajstić information content (AvgIpc) is 2.04. The molecule has 0 atom stereocenters. The van der Waals surface area contributed by atoms with Gasteiger partial charge in [-0.25, -0.2) is 0 Å². The van der Waals surface area contributed by atoms with Crippen LogP contribution in [0.5, 0.6) is 0 Å². The third-order valence-electron chi connectivity index (χ3n) is 1.62. The highest BCUT2D eigenvalue weighted by Crippen LogP contribution is 2.26. The summed E-state index contributed by atoms with van der Waals surface area (Å²) in [5, 5.41) is 6.07. The molecule has 3 nitrogen and oxygen atoms in total. The van der Waals surface area contributed by atoms with Crippen LogP contribution >= 0.6 is 0 Å². The number of benzene rings is 1. The molecule has 0 unspecified atom stereocenters. The van der Waals surface area contributed by atoms with E-state index in [1.807, 2.05) is 32.3 Å². The Morgan fingerprint density at radius 1 is 1.18 bits per heavy atom. The predicted octanol–water partition coefficient (Wildman–Crippen LogP) is 1.35. The Bertz CT molecular complexity index is 245. The summed E-state index contributed by atoms with van der Waals surface area (Å²) in [4.78, 5) is 0. The molecule has 0 spiro atoms. The van der Waals surface area contributed by atoms with E-state index >= 15 is 0 Å². The van der Waals surface area contributed by atoms with E-state index in [1.54, 1.807) is 0 Å². The molecule has 0 saturated carbocycles. The maximum absolute atomic E-state index is 5.70. The molecule has 0 radical (unpaired) electrons. The van der Waals surface area contributed by atoms with Gasteiger partial charge < -0.3 is 16.4 Å². The van der Waals surface area contributed by atoms with Crippen molar-refractivity contribution in [1.29, 1.82) is 0 Å². The largest absolute Gasteiger partial charge is 0.397 e. The van der Waals surface area contributed by atoms with Crippen LogP contribution in [0, 0.1) is 0 Å². The molecule has 1 rings (SSSR count). The number of hydrogen-bond donors (Lipinski definition) is 3. The highest BCUT2D eigenvalue weighted by molar-refractivity contribution is 5.80. The smallest absolute Gasteiger partial charge is 0.0806 e. The van der Waals surface area contributed by atoms with E-state index in [0.717, 1.165) is 17.1 Å². The molecule has 0 bridgehead atoms. The maximum Gasteiger partial charge on any atom is 0.0806 e. The summed E-state index contributed by atoms with van der Waals surface area (Å²) in [5.41, 5.74) is 8.44. The van der Waals surface area contributed by atoms with Gasteiger partial charge in [0.1, 0.15) is 0 Å². The summed E-state index contributed by atoms with van der Waals surface area (Å²) in [5.74, 6) is 0. The number of nitrogens with two attached hydrogens (primary N) is 1. The topological polar surface area (TPSA) is 50.1 Å². The number of para-hydroxylation sites is 1. The van der Waals surface area contributed by atoms with E-state index < -0.39 is 0 Å². The van der Waals surface area contributed by atoms with Gasteiger partial charge in [-0.05, 0) is 12.1 Å². The van der Waals surface area contributed by atoms with Gasteiger partial charge in [0.05, 0.1) is 17.1 Å². The van der Waals surface area contributed by atoms with E-state index in [2.05, 4.69) is 10.6 Å². The van der Waals surface area contributed by atoms with Gasteiger partial charge in [0.2, 0.25) is 0 Å². The van der Waals surface area contributed by atoms with Gasteiger partial charge in [-0.15, -0.1) is 0 Å². The van der Waals surface area contributed by atoms with Gasteiger partial charge in [-0.1, -0.05) is 6.07 Å². The third kappa shape index (κ3) is 1.37. The quantitative estimate of drug-likeness (QED) is 0.559. The maximum atomic E-state index is 5.70. The van der Waals surface area contributed by atoms with Crippen LogP contribution < -0.4 is 16.4 Å². The second-order valence-electron chi connectivity index (χ2n) is 2.27. The molecule has 1 aromatic carbocycles. The minimum atomic E-state index is 0.763.